The SMILES string of the molecule is [2H]c1c([2H])c([2H])c(-c2c3c([2H])c([2H])c([2H])c([2H])c3c(-c3c([2H])c([2H])c([2H])c(-c4ccc5c(c4)oc4c(-c6ccccc6)cccc45)c3[2H])c3c([2H])c([2H])c([2H])c([2H])c23)c([2H])c1[2H]. The van der Waals surface area contributed by atoms with E-state index in [1.807, 2.05) is 48.5 Å². The van der Waals surface area contributed by atoms with Gasteiger partial charge in [0.25, 0.3) is 0 Å². The number of furan rings is 1. The number of benzene rings is 8. The first-order chi connectivity index (χ1) is 29.4. The molecule has 8 aromatic carbocycles. The van der Waals surface area contributed by atoms with E-state index in [4.69, 9.17) is 19.5 Å². The molecule has 1 heteroatoms. The van der Waals surface area contributed by atoms with Crippen LogP contribution in [0.1, 0.15) is 23.3 Å². The van der Waals surface area contributed by atoms with Crippen LogP contribution in [0.5, 0.6) is 0 Å². The van der Waals surface area contributed by atoms with E-state index in [1.54, 1.807) is 18.2 Å². The summed E-state index contributed by atoms with van der Waals surface area (Å²) in [5, 5.41) is -0.532. The van der Waals surface area contributed by atoms with Gasteiger partial charge in [-0.05, 0) is 78.7 Å². The molecule has 1 heterocycles. The fraction of sp³-hybridized carbons (Fsp3) is 0. The Morgan fingerprint density at radius 1 is 0.400 bits per heavy atom. The van der Waals surface area contributed by atoms with Gasteiger partial charge in [0.15, 0.2) is 0 Å². The fourth-order valence-corrected chi connectivity index (χ4v) is 5.91. The van der Waals surface area contributed by atoms with E-state index >= 15 is 0 Å². The molecule has 0 spiro atoms. The lowest BCUT2D eigenvalue weighted by molar-refractivity contribution is 0.670. The number of hydrogen-bond acceptors (Lipinski definition) is 1. The van der Waals surface area contributed by atoms with Crippen molar-refractivity contribution >= 4 is 43.5 Å². The minimum absolute atomic E-state index is 0.190. The van der Waals surface area contributed by atoms with E-state index in [-0.39, 0.29) is 11.1 Å². The van der Waals surface area contributed by atoms with Crippen molar-refractivity contribution in [1.29, 1.82) is 0 Å². The Hall–Kier alpha value is -5.92. The highest BCUT2D eigenvalue weighted by Gasteiger charge is 2.17. The summed E-state index contributed by atoms with van der Waals surface area (Å²) in [4.78, 5) is 0. The number of hydrogen-bond donors (Lipinski definition) is 0. The maximum atomic E-state index is 9.75. The zero-order chi connectivity index (χ0) is 44.5. The Kier molecular flexibility index (Phi) is 3.18. The molecule has 0 bridgehead atoms. The van der Waals surface area contributed by atoms with E-state index in [9.17, 15) is 8.22 Å². The predicted octanol–water partition coefficient (Wildman–Crippen LogP) is 12.6. The second-order valence-electron chi connectivity index (χ2n) is 10.4. The molecule has 210 valence electrons. The topological polar surface area (TPSA) is 13.1 Å². The van der Waals surface area contributed by atoms with Crippen LogP contribution in [0.15, 0.2) is 174 Å². The smallest absolute Gasteiger partial charge is 0.143 e. The highest BCUT2D eigenvalue weighted by atomic mass is 16.3. The highest BCUT2D eigenvalue weighted by molar-refractivity contribution is 6.21. The molecule has 1 aromatic heterocycles. The summed E-state index contributed by atoms with van der Waals surface area (Å²) >= 11 is 0. The van der Waals surface area contributed by atoms with E-state index in [0.717, 1.165) is 16.5 Å². The van der Waals surface area contributed by atoms with Gasteiger partial charge in [-0.1, -0.05) is 151 Å². The molecule has 0 unspecified atom stereocenters. The van der Waals surface area contributed by atoms with Crippen LogP contribution in [-0.4, -0.2) is 0 Å². The summed E-state index contributed by atoms with van der Waals surface area (Å²) in [6.45, 7) is 0. The van der Waals surface area contributed by atoms with Gasteiger partial charge >= 0.3 is 0 Å². The average Bonchev–Trinajstić information content (AvgIpc) is 3.65. The van der Waals surface area contributed by atoms with Crippen LogP contribution < -0.4 is 0 Å². The van der Waals surface area contributed by atoms with Crippen molar-refractivity contribution in [2.45, 2.75) is 0 Å². The van der Waals surface area contributed by atoms with Crippen molar-refractivity contribution in [2.75, 3.05) is 0 Å². The summed E-state index contributed by atoms with van der Waals surface area (Å²) < 4.78 is 158. The molecule has 0 atom stereocenters. The van der Waals surface area contributed by atoms with Gasteiger partial charge in [0, 0.05) is 16.3 Å². The third-order valence-corrected chi connectivity index (χ3v) is 7.87. The molecule has 45 heavy (non-hydrogen) atoms. The molecule has 0 aliphatic heterocycles. The van der Waals surface area contributed by atoms with Gasteiger partial charge in [0.1, 0.15) is 11.2 Å². The fourth-order valence-electron chi connectivity index (χ4n) is 5.91. The number of rotatable bonds is 4. The van der Waals surface area contributed by atoms with Crippen molar-refractivity contribution in [2.24, 2.45) is 0 Å². The Morgan fingerprint density at radius 2 is 1.02 bits per heavy atom. The molecule has 0 amide bonds. The maximum Gasteiger partial charge on any atom is 0.143 e. The minimum Gasteiger partial charge on any atom is -0.455 e. The minimum atomic E-state index is -0.822. The monoisotopic (exact) mass is 589 g/mol. The van der Waals surface area contributed by atoms with E-state index < -0.39 is 147 Å². The van der Waals surface area contributed by atoms with Gasteiger partial charge in [-0.2, -0.15) is 0 Å². The summed E-state index contributed by atoms with van der Waals surface area (Å²) in [5.41, 5.74) is 0.585. The zero-order valence-electron chi connectivity index (χ0n) is 40.3. The molecule has 0 radical (unpaired) electrons. The lowest BCUT2D eigenvalue weighted by atomic mass is 9.85. The number of para-hydroxylation sites is 1. The molecule has 1 nitrogen and oxygen atoms in total. The van der Waals surface area contributed by atoms with Crippen LogP contribution in [0.25, 0.3) is 88.0 Å². The summed E-state index contributed by atoms with van der Waals surface area (Å²) in [5.74, 6) is 0. The van der Waals surface area contributed by atoms with Crippen LogP contribution >= 0.6 is 0 Å². The largest absolute Gasteiger partial charge is 0.455 e. The van der Waals surface area contributed by atoms with Gasteiger partial charge in [-0.15, -0.1) is 0 Å². The van der Waals surface area contributed by atoms with Crippen molar-refractivity contribution in [3.63, 3.8) is 0 Å². The molecule has 0 aliphatic rings. The summed E-state index contributed by atoms with van der Waals surface area (Å²) in [6, 6.07) is 7.08. The summed E-state index contributed by atoms with van der Waals surface area (Å²) in [6.07, 6.45) is 0. The van der Waals surface area contributed by atoms with E-state index in [1.165, 1.54) is 0 Å². The molecular formula is C44H28O. The third-order valence-electron chi connectivity index (χ3n) is 7.87. The van der Waals surface area contributed by atoms with Gasteiger partial charge in [0.2, 0.25) is 0 Å². The Balaban J connectivity index is 1.47. The van der Waals surface area contributed by atoms with E-state index in [2.05, 4.69) is 0 Å². The molecular weight excluding hydrogens is 544 g/mol. The van der Waals surface area contributed by atoms with Crippen LogP contribution in [0, 0.1) is 0 Å². The van der Waals surface area contributed by atoms with E-state index in [0.29, 0.717) is 16.6 Å². The normalized spacial score (nSPS) is 16.8. The first-order valence-corrected chi connectivity index (χ1v) is 14.1. The zero-order valence-corrected chi connectivity index (χ0v) is 23.3. The lowest BCUT2D eigenvalue weighted by Gasteiger charge is -2.18. The standard InChI is InChI=1S/C44H28O/c1-3-13-29(14-4-1)34-23-12-24-40-35-26-25-32(28-41(35)45-44(34)40)31-17-11-18-33(27-31)43-38-21-9-7-19-36(38)42(30-15-5-2-6-16-30)37-20-8-10-22-39(37)43/h1-28H/i2D,5D,6D,7D,8D,9D,10D,11D,15D,16D,17D,18D,19D,20D,21D,22D,27D. The van der Waals surface area contributed by atoms with Crippen LogP contribution in [0.3, 0.4) is 0 Å². The Bertz CT molecular complexity index is 3380. The van der Waals surface area contributed by atoms with Gasteiger partial charge in [-0.3, -0.25) is 0 Å². The van der Waals surface area contributed by atoms with Gasteiger partial charge < -0.3 is 4.42 Å². The van der Waals surface area contributed by atoms with Crippen LogP contribution in [0.2, 0.25) is 0 Å². The Morgan fingerprint density at radius 3 is 1.73 bits per heavy atom. The first-order valence-electron chi connectivity index (χ1n) is 22.6. The van der Waals surface area contributed by atoms with Crippen molar-refractivity contribution in [3.8, 4) is 44.5 Å². The lowest BCUT2D eigenvalue weighted by Crippen LogP contribution is -1.91. The summed E-state index contributed by atoms with van der Waals surface area (Å²) in [7, 11) is 0. The van der Waals surface area contributed by atoms with Crippen LogP contribution in [-0.2, 0) is 0 Å². The van der Waals surface area contributed by atoms with Crippen molar-refractivity contribution < 1.29 is 27.7 Å². The molecule has 9 aromatic rings. The maximum absolute atomic E-state index is 9.75. The Labute approximate surface area is 285 Å². The molecule has 0 saturated heterocycles. The van der Waals surface area contributed by atoms with Gasteiger partial charge in [0.05, 0.1) is 23.3 Å². The van der Waals surface area contributed by atoms with Crippen molar-refractivity contribution in [3.05, 3.63) is 169 Å². The van der Waals surface area contributed by atoms with Crippen LogP contribution in [0.4, 0.5) is 0 Å². The third kappa shape index (κ3) is 4.17. The second-order valence-corrected chi connectivity index (χ2v) is 10.4. The second kappa shape index (κ2) is 10.4. The molecule has 0 N–H and O–H groups in total. The highest BCUT2D eigenvalue weighted by Crippen LogP contribution is 2.44. The number of fused-ring (bicyclic) bond motifs is 5. The van der Waals surface area contributed by atoms with Gasteiger partial charge in [-0.25, -0.2) is 0 Å². The molecule has 0 aliphatic carbocycles. The molecule has 9 rings (SSSR count). The molecule has 0 fully saturated rings. The average molecular weight is 590 g/mol. The van der Waals surface area contributed by atoms with Crippen molar-refractivity contribution in [1.82, 2.24) is 0 Å². The quantitative estimate of drug-likeness (QED) is 0.186. The first kappa shape index (κ1) is 13.8. The molecule has 0 saturated carbocycles. The predicted molar refractivity (Wildman–Crippen MR) is 190 cm³/mol.